The van der Waals surface area contributed by atoms with Gasteiger partial charge in [-0.15, -0.1) is 0 Å². The molecule has 0 unspecified atom stereocenters. The van der Waals surface area contributed by atoms with E-state index < -0.39 is 0 Å². The molecule has 150 valence electrons. The van der Waals surface area contributed by atoms with Crippen LogP contribution in [0.25, 0.3) is 10.2 Å². The molecule has 3 heterocycles. The van der Waals surface area contributed by atoms with Gasteiger partial charge in [-0.1, -0.05) is 47.7 Å². The Balaban J connectivity index is 1.51. The largest absolute Gasteiger partial charge is 0.486 e. The van der Waals surface area contributed by atoms with Crippen molar-refractivity contribution in [3.8, 4) is 11.5 Å². The molecule has 0 fully saturated rings. The maximum absolute atomic E-state index is 13.3. The van der Waals surface area contributed by atoms with E-state index in [0.717, 1.165) is 27.1 Å². The highest BCUT2D eigenvalue weighted by Crippen LogP contribution is 2.39. The SMILES string of the molecule is O=C(Cc1ccccc1)N(Cc1cccnc1)c1nc2cc3c(cc2s1)OCCO3. The van der Waals surface area contributed by atoms with Gasteiger partial charge >= 0.3 is 0 Å². The standard InChI is InChI=1S/C23H19N3O3S/c27-22(11-16-5-2-1-3-6-16)26(15-17-7-4-8-24-14-17)23-25-18-12-19-20(13-21(18)30-23)29-10-9-28-19/h1-8,12-14H,9-11,15H2. The van der Waals surface area contributed by atoms with Crippen LogP contribution in [0.4, 0.5) is 5.13 Å². The van der Waals surface area contributed by atoms with Gasteiger partial charge in [0.05, 0.1) is 23.2 Å². The number of amides is 1. The monoisotopic (exact) mass is 417 g/mol. The fourth-order valence-electron chi connectivity index (χ4n) is 3.37. The Morgan fingerprint density at radius 1 is 1.00 bits per heavy atom. The number of anilines is 1. The van der Waals surface area contributed by atoms with E-state index in [1.165, 1.54) is 11.3 Å². The zero-order chi connectivity index (χ0) is 20.3. The fraction of sp³-hybridized carbons (Fsp3) is 0.174. The number of nitrogens with zero attached hydrogens (tertiary/aromatic N) is 3. The molecule has 1 aliphatic heterocycles. The molecule has 1 amide bonds. The predicted molar refractivity (Wildman–Crippen MR) is 116 cm³/mol. The van der Waals surface area contributed by atoms with Crippen molar-refractivity contribution < 1.29 is 14.3 Å². The Bertz CT molecular complexity index is 1140. The third-order valence-electron chi connectivity index (χ3n) is 4.83. The van der Waals surface area contributed by atoms with Crippen LogP contribution >= 0.6 is 11.3 Å². The van der Waals surface area contributed by atoms with E-state index in [0.29, 0.717) is 37.1 Å². The van der Waals surface area contributed by atoms with Crippen molar-refractivity contribution in [2.75, 3.05) is 18.1 Å². The number of hydrogen-bond acceptors (Lipinski definition) is 6. The molecule has 0 spiro atoms. The van der Waals surface area contributed by atoms with E-state index in [2.05, 4.69) is 4.98 Å². The second-order valence-corrected chi connectivity index (χ2v) is 7.97. The van der Waals surface area contributed by atoms with Gasteiger partial charge in [-0.05, 0) is 17.2 Å². The number of hydrogen-bond donors (Lipinski definition) is 0. The highest BCUT2D eigenvalue weighted by molar-refractivity contribution is 7.22. The van der Waals surface area contributed by atoms with Crippen molar-refractivity contribution in [3.63, 3.8) is 0 Å². The van der Waals surface area contributed by atoms with Gasteiger partial charge in [0.25, 0.3) is 0 Å². The maximum atomic E-state index is 13.3. The number of aromatic nitrogens is 2. The Kier molecular flexibility index (Phi) is 5.03. The summed E-state index contributed by atoms with van der Waals surface area (Å²) in [6.07, 6.45) is 3.80. The molecule has 0 aliphatic carbocycles. The molecule has 0 saturated carbocycles. The number of ether oxygens (including phenoxy) is 2. The second-order valence-electron chi connectivity index (χ2n) is 6.96. The molecule has 5 rings (SSSR count). The first-order chi connectivity index (χ1) is 14.8. The minimum Gasteiger partial charge on any atom is -0.486 e. The zero-order valence-electron chi connectivity index (χ0n) is 16.2. The third kappa shape index (κ3) is 3.84. The smallest absolute Gasteiger partial charge is 0.233 e. The lowest BCUT2D eigenvalue weighted by molar-refractivity contribution is -0.118. The van der Waals surface area contributed by atoms with E-state index >= 15 is 0 Å². The fourth-order valence-corrected chi connectivity index (χ4v) is 4.36. The van der Waals surface area contributed by atoms with Crippen molar-refractivity contribution in [2.24, 2.45) is 0 Å². The predicted octanol–water partition coefficient (Wildman–Crippen LogP) is 4.24. The van der Waals surface area contributed by atoms with Crippen LogP contribution < -0.4 is 14.4 Å². The van der Waals surface area contributed by atoms with Crippen molar-refractivity contribution in [1.29, 1.82) is 0 Å². The summed E-state index contributed by atoms with van der Waals surface area (Å²) in [6.45, 7) is 1.47. The highest BCUT2D eigenvalue weighted by Gasteiger charge is 2.22. The Labute approximate surface area is 177 Å². The van der Waals surface area contributed by atoms with Crippen LogP contribution in [0.15, 0.2) is 67.0 Å². The van der Waals surface area contributed by atoms with Gasteiger partial charge in [-0.25, -0.2) is 4.98 Å². The lowest BCUT2D eigenvalue weighted by Gasteiger charge is -2.20. The first kappa shape index (κ1) is 18.6. The molecule has 2 aromatic heterocycles. The van der Waals surface area contributed by atoms with E-state index in [1.807, 2.05) is 54.6 Å². The lowest BCUT2D eigenvalue weighted by Crippen LogP contribution is -2.31. The highest BCUT2D eigenvalue weighted by atomic mass is 32.1. The van der Waals surface area contributed by atoms with Crippen molar-refractivity contribution >= 4 is 32.6 Å². The first-order valence-corrected chi connectivity index (χ1v) is 10.5. The molecule has 6 nitrogen and oxygen atoms in total. The van der Waals surface area contributed by atoms with Crippen molar-refractivity contribution in [1.82, 2.24) is 9.97 Å². The topological polar surface area (TPSA) is 64.6 Å². The number of carbonyl (C=O) groups is 1. The Hall–Kier alpha value is -3.45. The van der Waals surface area contributed by atoms with Gasteiger partial charge in [0, 0.05) is 24.5 Å². The Morgan fingerprint density at radius 3 is 2.53 bits per heavy atom. The molecule has 0 atom stereocenters. The van der Waals surface area contributed by atoms with Gasteiger partial charge in [-0.2, -0.15) is 0 Å². The quantitative estimate of drug-likeness (QED) is 0.486. The molecule has 30 heavy (non-hydrogen) atoms. The van der Waals surface area contributed by atoms with Gasteiger partial charge in [0.2, 0.25) is 5.91 Å². The number of benzene rings is 2. The number of pyridine rings is 1. The van der Waals surface area contributed by atoms with Crippen LogP contribution in [0, 0.1) is 0 Å². The van der Waals surface area contributed by atoms with Crippen LogP contribution in [0.1, 0.15) is 11.1 Å². The van der Waals surface area contributed by atoms with Crippen LogP contribution in [0.3, 0.4) is 0 Å². The molecule has 0 bridgehead atoms. The molecule has 7 heteroatoms. The summed E-state index contributed by atoms with van der Waals surface area (Å²) in [4.78, 5) is 23.9. The summed E-state index contributed by atoms with van der Waals surface area (Å²) in [5.74, 6) is 1.40. The summed E-state index contributed by atoms with van der Waals surface area (Å²) < 4.78 is 12.3. The molecule has 0 N–H and O–H groups in total. The summed E-state index contributed by atoms with van der Waals surface area (Å²) >= 11 is 1.47. The van der Waals surface area contributed by atoms with E-state index in [1.54, 1.807) is 17.3 Å². The zero-order valence-corrected chi connectivity index (χ0v) is 17.0. The van der Waals surface area contributed by atoms with Crippen molar-refractivity contribution in [2.45, 2.75) is 13.0 Å². The minimum atomic E-state index is -0.0126. The number of carbonyl (C=O) groups excluding carboxylic acids is 1. The first-order valence-electron chi connectivity index (χ1n) is 9.70. The molecule has 1 aliphatic rings. The normalized spacial score (nSPS) is 12.7. The minimum absolute atomic E-state index is 0.0126. The van der Waals surface area contributed by atoms with E-state index in [-0.39, 0.29) is 5.91 Å². The van der Waals surface area contributed by atoms with Gasteiger partial charge in [0.15, 0.2) is 16.6 Å². The summed E-state index contributed by atoms with van der Waals surface area (Å²) in [7, 11) is 0. The van der Waals surface area contributed by atoms with Gasteiger partial charge < -0.3 is 9.47 Å². The lowest BCUT2D eigenvalue weighted by atomic mass is 10.1. The summed E-state index contributed by atoms with van der Waals surface area (Å²) in [6, 6.07) is 17.4. The number of rotatable bonds is 5. The van der Waals surface area contributed by atoms with Gasteiger partial charge in [-0.3, -0.25) is 14.7 Å². The number of thiazole rings is 1. The third-order valence-corrected chi connectivity index (χ3v) is 5.88. The average Bonchev–Trinajstić information content (AvgIpc) is 3.19. The van der Waals surface area contributed by atoms with Gasteiger partial charge in [0.1, 0.15) is 13.2 Å². The summed E-state index contributed by atoms with van der Waals surface area (Å²) in [5, 5.41) is 0.650. The van der Waals surface area contributed by atoms with Crippen LogP contribution in [0.2, 0.25) is 0 Å². The molecular weight excluding hydrogens is 398 g/mol. The molecular formula is C23H19N3O3S. The molecule has 0 saturated heterocycles. The second kappa shape index (κ2) is 8.12. The van der Waals surface area contributed by atoms with Crippen molar-refractivity contribution in [3.05, 3.63) is 78.1 Å². The number of fused-ring (bicyclic) bond motifs is 2. The van der Waals surface area contributed by atoms with Crippen LogP contribution in [-0.4, -0.2) is 29.1 Å². The van der Waals surface area contributed by atoms with Crippen LogP contribution in [0.5, 0.6) is 11.5 Å². The molecule has 4 aromatic rings. The Morgan fingerprint density at radius 2 is 1.77 bits per heavy atom. The van der Waals surface area contributed by atoms with E-state index in [4.69, 9.17) is 14.5 Å². The maximum Gasteiger partial charge on any atom is 0.233 e. The van der Waals surface area contributed by atoms with E-state index in [9.17, 15) is 4.79 Å². The molecule has 2 aromatic carbocycles. The molecule has 0 radical (unpaired) electrons. The van der Waals surface area contributed by atoms with Crippen LogP contribution in [-0.2, 0) is 17.8 Å². The average molecular weight is 417 g/mol. The summed E-state index contributed by atoms with van der Waals surface area (Å²) in [5.41, 5.74) is 2.71.